The lowest BCUT2D eigenvalue weighted by Gasteiger charge is -2.06. The van der Waals surface area contributed by atoms with Gasteiger partial charge in [-0.1, -0.05) is 6.07 Å². The number of halogens is 1. The van der Waals surface area contributed by atoms with Gasteiger partial charge in [-0.2, -0.15) is 0 Å². The molecule has 118 valence electrons. The van der Waals surface area contributed by atoms with Crippen molar-refractivity contribution in [1.29, 1.82) is 0 Å². The van der Waals surface area contributed by atoms with Crippen molar-refractivity contribution in [3.8, 4) is 0 Å². The van der Waals surface area contributed by atoms with Crippen LogP contribution in [0.4, 0.5) is 14.9 Å². The molecule has 2 amide bonds. The van der Waals surface area contributed by atoms with E-state index in [0.717, 1.165) is 6.07 Å². The first kappa shape index (κ1) is 16.2. The number of benzene rings is 2. The molecule has 7 heteroatoms. The lowest BCUT2D eigenvalue weighted by atomic mass is 10.1. The molecule has 2 aromatic rings. The molecule has 2 aromatic carbocycles. The van der Waals surface area contributed by atoms with Crippen LogP contribution in [0.5, 0.6) is 0 Å². The Balaban J connectivity index is 1.94. The normalized spacial score (nSPS) is 9.96. The van der Waals surface area contributed by atoms with E-state index in [1.165, 1.54) is 42.5 Å². The molecule has 0 unspecified atom stereocenters. The van der Waals surface area contributed by atoms with Crippen molar-refractivity contribution in [2.24, 2.45) is 5.73 Å². The third kappa shape index (κ3) is 4.63. The van der Waals surface area contributed by atoms with E-state index in [9.17, 15) is 18.8 Å². The zero-order chi connectivity index (χ0) is 16.8. The summed E-state index contributed by atoms with van der Waals surface area (Å²) in [6.45, 7) is -0.474. The molecule has 3 N–H and O–H groups in total. The summed E-state index contributed by atoms with van der Waals surface area (Å²) in [5.74, 6) is -1.78. The van der Waals surface area contributed by atoms with E-state index >= 15 is 0 Å². The van der Waals surface area contributed by atoms with Crippen molar-refractivity contribution in [3.63, 3.8) is 0 Å². The summed E-state index contributed by atoms with van der Waals surface area (Å²) in [4.78, 5) is 34.3. The second kappa shape index (κ2) is 7.17. The summed E-state index contributed by atoms with van der Waals surface area (Å²) < 4.78 is 17.9. The monoisotopic (exact) mass is 316 g/mol. The number of nitrogens with two attached hydrogens (primary N) is 1. The lowest BCUT2D eigenvalue weighted by Crippen LogP contribution is -2.19. The van der Waals surface area contributed by atoms with E-state index in [1.54, 1.807) is 0 Å². The molecule has 0 bridgehead atoms. The second-order valence-corrected chi connectivity index (χ2v) is 4.58. The summed E-state index contributed by atoms with van der Waals surface area (Å²) in [5.41, 5.74) is 5.73. The molecule has 0 aliphatic heterocycles. The van der Waals surface area contributed by atoms with Gasteiger partial charge in [0.25, 0.3) is 0 Å². The van der Waals surface area contributed by atoms with Crippen molar-refractivity contribution in [1.82, 2.24) is 0 Å². The predicted octanol–water partition coefficient (Wildman–Crippen LogP) is 2.36. The molecule has 0 heterocycles. The maximum Gasteiger partial charge on any atom is 0.338 e. The van der Waals surface area contributed by atoms with Gasteiger partial charge in [-0.25, -0.2) is 14.0 Å². The molecule has 0 saturated carbocycles. The van der Waals surface area contributed by atoms with Crippen LogP contribution in [-0.2, 0) is 4.74 Å². The number of rotatable bonds is 5. The number of esters is 1. The number of hydrogen-bond donors (Lipinski definition) is 2. The van der Waals surface area contributed by atoms with Gasteiger partial charge in [0.1, 0.15) is 5.82 Å². The first-order valence-corrected chi connectivity index (χ1v) is 6.58. The minimum atomic E-state index is -0.787. The van der Waals surface area contributed by atoms with Crippen molar-refractivity contribution >= 4 is 23.5 Å². The predicted molar refractivity (Wildman–Crippen MR) is 80.7 cm³/mol. The second-order valence-electron chi connectivity index (χ2n) is 4.58. The molecule has 6 nitrogen and oxygen atoms in total. The highest BCUT2D eigenvalue weighted by molar-refractivity contribution is 5.99. The lowest BCUT2D eigenvalue weighted by molar-refractivity contribution is 0.0474. The van der Waals surface area contributed by atoms with Crippen molar-refractivity contribution in [3.05, 3.63) is 65.5 Å². The molecule has 0 aromatic heterocycles. The fourth-order valence-corrected chi connectivity index (χ4v) is 1.79. The third-order valence-corrected chi connectivity index (χ3v) is 2.87. The van der Waals surface area contributed by atoms with E-state index < -0.39 is 30.2 Å². The fourth-order valence-electron chi connectivity index (χ4n) is 1.79. The van der Waals surface area contributed by atoms with Crippen molar-refractivity contribution < 1.29 is 23.5 Å². The van der Waals surface area contributed by atoms with Crippen LogP contribution in [0.15, 0.2) is 48.5 Å². The molecular weight excluding hydrogens is 303 g/mol. The smallest absolute Gasteiger partial charge is 0.338 e. The fraction of sp³-hybridized carbons (Fsp3) is 0.0625. The van der Waals surface area contributed by atoms with E-state index in [2.05, 4.69) is 5.32 Å². The Hall–Kier alpha value is -3.22. The Kier molecular flexibility index (Phi) is 5.03. The number of carbonyl (C=O) groups is 3. The number of ketones is 1. The number of urea groups is 1. The van der Waals surface area contributed by atoms with E-state index in [1.807, 2.05) is 0 Å². The van der Waals surface area contributed by atoms with Gasteiger partial charge in [0.05, 0.1) is 5.56 Å². The molecule has 2 rings (SSSR count). The van der Waals surface area contributed by atoms with Gasteiger partial charge in [0, 0.05) is 11.3 Å². The van der Waals surface area contributed by atoms with Gasteiger partial charge < -0.3 is 15.8 Å². The van der Waals surface area contributed by atoms with Crippen molar-refractivity contribution in [2.45, 2.75) is 0 Å². The standard InChI is InChI=1S/C16H13FN2O4/c17-12-3-1-2-11(8-12)15(21)23-9-14(20)10-4-6-13(7-5-10)19-16(18)22/h1-8H,9H2,(H3,18,19,22). The Morgan fingerprint density at radius 2 is 1.74 bits per heavy atom. The van der Waals surface area contributed by atoms with Gasteiger partial charge in [-0.3, -0.25) is 4.79 Å². The molecule has 0 saturated heterocycles. The number of amides is 2. The number of anilines is 1. The molecule has 23 heavy (non-hydrogen) atoms. The summed E-state index contributed by atoms with van der Waals surface area (Å²) in [5, 5.41) is 2.35. The minimum Gasteiger partial charge on any atom is -0.454 e. The maximum atomic E-state index is 13.0. The highest BCUT2D eigenvalue weighted by Crippen LogP contribution is 2.11. The van der Waals surface area contributed by atoms with E-state index in [-0.39, 0.29) is 5.56 Å². The number of ether oxygens (including phenoxy) is 1. The van der Waals surface area contributed by atoms with Gasteiger partial charge in [-0.15, -0.1) is 0 Å². The van der Waals surface area contributed by atoms with Crippen LogP contribution < -0.4 is 11.1 Å². The minimum absolute atomic E-state index is 0.0267. The molecule has 0 radical (unpaired) electrons. The zero-order valence-corrected chi connectivity index (χ0v) is 11.9. The number of carbonyl (C=O) groups excluding carboxylic acids is 3. The largest absolute Gasteiger partial charge is 0.454 e. The molecule has 0 aliphatic rings. The van der Waals surface area contributed by atoms with Gasteiger partial charge in [0.15, 0.2) is 12.4 Å². The Morgan fingerprint density at radius 1 is 1.04 bits per heavy atom. The summed E-state index contributed by atoms with van der Waals surface area (Å²) in [7, 11) is 0. The van der Waals surface area contributed by atoms with E-state index in [0.29, 0.717) is 11.3 Å². The molecule has 0 atom stereocenters. The molecule has 0 fully saturated rings. The third-order valence-electron chi connectivity index (χ3n) is 2.87. The number of nitrogens with one attached hydrogen (secondary N) is 1. The molecule has 0 aliphatic carbocycles. The van der Waals surface area contributed by atoms with Gasteiger partial charge in [-0.05, 0) is 42.5 Å². The van der Waals surface area contributed by atoms with Gasteiger partial charge in [0.2, 0.25) is 0 Å². The van der Waals surface area contributed by atoms with Crippen LogP contribution in [0, 0.1) is 5.82 Å². The average Bonchev–Trinajstić information content (AvgIpc) is 2.52. The van der Waals surface area contributed by atoms with Crippen LogP contribution >= 0.6 is 0 Å². The topological polar surface area (TPSA) is 98.5 Å². The zero-order valence-electron chi connectivity index (χ0n) is 11.9. The maximum absolute atomic E-state index is 13.0. The van der Waals surface area contributed by atoms with Crippen LogP contribution in [-0.4, -0.2) is 24.4 Å². The number of Topliss-reactive ketones (excluding diaryl/α,β-unsaturated/α-hetero) is 1. The number of primary amides is 1. The summed E-state index contributed by atoms with van der Waals surface area (Å²) in [6.07, 6.45) is 0. The highest BCUT2D eigenvalue weighted by Gasteiger charge is 2.12. The van der Waals surface area contributed by atoms with Crippen LogP contribution in [0.2, 0.25) is 0 Å². The highest BCUT2D eigenvalue weighted by atomic mass is 19.1. The summed E-state index contributed by atoms with van der Waals surface area (Å²) >= 11 is 0. The summed E-state index contributed by atoms with van der Waals surface area (Å²) in [6, 6.07) is 10.2. The Morgan fingerprint density at radius 3 is 2.35 bits per heavy atom. The SMILES string of the molecule is NC(=O)Nc1ccc(C(=O)COC(=O)c2cccc(F)c2)cc1. The molecular formula is C16H13FN2O4. The van der Waals surface area contributed by atoms with Crippen LogP contribution in [0.1, 0.15) is 20.7 Å². The van der Waals surface area contributed by atoms with Crippen molar-refractivity contribution in [2.75, 3.05) is 11.9 Å². The molecule has 0 spiro atoms. The average molecular weight is 316 g/mol. The van der Waals surface area contributed by atoms with Crippen LogP contribution in [0.3, 0.4) is 0 Å². The van der Waals surface area contributed by atoms with Crippen LogP contribution in [0.25, 0.3) is 0 Å². The van der Waals surface area contributed by atoms with Gasteiger partial charge >= 0.3 is 12.0 Å². The Labute approximate surface area is 131 Å². The Bertz CT molecular complexity index is 744. The first-order chi connectivity index (χ1) is 11.0. The first-order valence-electron chi connectivity index (χ1n) is 6.58. The quantitative estimate of drug-likeness (QED) is 0.653. The number of hydrogen-bond acceptors (Lipinski definition) is 4. The van der Waals surface area contributed by atoms with E-state index in [4.69, 9.17) is 10.5 Å².